The summed E-state index contributed by atoms with van der Waals surface area (Å²) in [6.07, 6.45) is 0.0843. The molecule has 0 spiro atoms. The first-order valence-corrected chi connectivity index (χ1v) is 7.30. The molecule has 2 aromatic rings. The van der Waals surface area contributed by atoms with E-state index in [4.69, 9.17) is 4.74 Å². The number of nitrogens with one attached hydrogen (secondary N) is 2. The van der Waals surface area contributed by atoms with Crippen LogP contribution in [0, 0.1) is 11.6 Å². The van der Waals surface area contributed by atoms with Gasteiger partial charge in [0.15, 0.2) is 0 Å². The van der Waals surface area contributed by atoms with Gasteiger partial charge in [-0.15, -0.1) is 0 Å². The van der Waals surface area contributed by atoms with Crippen molar-refractivity contribution >= 4 is 17.3 Å². The largest absolute Gasteiger partial charge is 0.494 e. The number of hydrogen-bond donors (Lipinski definition) is 2. The number of benzene rings is 2. The highest BCUT2D eigenvalue weighted by molar-refractivity contribution is 5.91. The fourth-order valence-corrected chi connectivity index (χ4v) is 1.99. The Hall–Kier alpha value is -2.63. The summed E-state index contributed by atoms with van der Waals surface area (Å²) in [6, 6.07) is 10.6. The van der Waals surface area contributed by atoms with Crippen molar-refractivity contribution in [2.75, 3.05) is 23.8 Å². The van der Waals surface area contributed by atoms with Crippen LogP contribution in [-0.4, -0.2) is 19.1 Å². The van der Waals surface area contributed by atoms with Crippen LogP contribution < -0.4 is 15.4 Å². The van der Waals surface area contributed by atoms with Gasteiger partial charge in [-0.25, -0.2) is 8.78 Å². The number of hydrogen-bond acceptors (Lipinski definition) is 3. The lowest BCUT2D eigenvalue weighted by atomic mass is 10.2. The number of rotatable bonds is 7. The van der Waals surface area contributed by atoms with Crippen LogP contribution in [-0.2, 0) is 4.79 Å². The van der Waals surface area contributed by atoms with Crippen LogP contribution >= 0.6 is 0 Å². The van der Waals surface area contributed by atoms with E-state index in [1.54, 1.807) is 24.3 Å². The molecule has 0 heterocycles. The van der Waals surface area contributed by atoms with Crippen molar-refractivity contribution in [1.29, 1.82) is 0 Å². The van der Waals surface area contributed by atoms with Crippen molar-refractivity contribution in [3.8, 4) is 5.75 Å². The molecule has 2 rings (SSSR count). The molecule has 0 aliphatic carbocycles. The van der Waals surface area contributed by atoms with Gasteiger partial charge in [0.25, 0.3) is 0 Å². The Labute approximate surface area is 133 Å². The van der Waals surface area contributed by atoms with Crippen molar-refractivity contribution in [2.24, 2.45) is 0 Å². The molecule has 0 saturated heterocycles. The fraction of sp³-hybridized carbons (Fsp3) is 0.235. The van der Waals surface area contributed by atoms with Gasteiger partial charge in [0.1, 0.15) is 23.1 Å². The van der Waals surface area contributed by atoms with Crippen LogP contribution in [0.2, 0.25) is 0 Å². The third-order valence-electron chi connectivity index (χ3n) is 3.07. The minimum absolute atomic E-state index is 0.0843. The molecule has 0 radical (unpaired) electrons. The minimum atomic E-state index is -0.683. The molecular weight excluding hydrogens is 302 g/mol. The maximum Gasteiger partial charge on any atom is 0.226 e. The highest BCUT2D eigenvalue weighted by atomic mass is 19.1. The van der Waals surface area contributed by atoms with Crippen LogP contribution in [0.1, 0.15) is 13.3 Å². The van der Waals surface area contributed by atoms with Crippen LogP contribution in [0.5, 0.6) is 5.75 Å². The van der Waals surface area contributed by atoms with Gasteiger partial charge < -0.3 is 15.4 Å². The number of anilines is 2. The van der Waals surface area contributed by atoms with Gasteiger partial charge in [0.05, 0.1) is 6.61 Å². The molecule has 4 nitrogen and oxygen atoms in total. The first kappa shape index (κ1) is 16.7. The number of amides is 1. The topological polar surface area (TPSA) is 50.4 Å². The number of carbonyl (C=O) groups is 1. The molecule has 23 heavy (non-hydrogen) atoms. The van der Waals surface area contributed by atoms with Crippen LogP contribution in [0.25, 0.3) is 0 Å². The second-order valence-corrected chi connectivity index (χ2v) is 4.78. The Kier molecular flexibility index (Phi) is 5.91. The first-order valence-electron chi connectivity index (χ1n) is 7.30. The lowest BCUT2D eigenvalue weighted by Gasteiger charge is -2.09. The molecule has 0 atom stereocenters. The molecule has 6 heteroatoms. The SMILES string of the molecule is CCOc1ccc(NC(=O)CCNc2c(F)cccc2F)cc1. The predicted octanol–water partition coefficient (Wildman–Crippen LogP) is 3.80. The second kappa shape index (κ2) is 8.12. The highest BCUT2D eigenvalue weighted by Gasteiger charge is 2.08. The van der Waals surface area contributed by atoms with Gasteiger partial charge in [-0.05, 0) is 43.3 Å². The van der Waals surface area contributed by atoms with Crippen molar-refractivity contribution < 1.29 is 18.3 Å². The van der Waals surface area contributed by atoms with E-state index < -0.39 is 11.6 Å². The quantitative estimate of drug-likeness (QED) is 0.816. The zero-order valence-electron chi connectivity index (χ0n) is 12.7. The van der Waals surface area contributed by atoms with Gasteiger partial charge >= 0.3 is 0 Å². The lowest BCUT2D eigenvalue weighted by molar-refractivity contribution is -0.115. The number of para-hydroxylation sites is 1. The smallest absolute Gasteiger partial charge is 0.226 e. The van der Waals surface area contributed by atoms with Gasteiger partial charge in [0, 0.05) is 18.7 Å². The van der Waals surface area contributed by atoms with Crippen LogP contribution in [0.4, 0.5) is 20.2 Å². The molecule has 2 N–H and O–H groups in total. The number of halogens is 2. The molecule has 0 bridgehead atoms. The highest BCUT2D eigenvalue weighted by Crippen LogP contribution is 2.18. The second-order valence-electron chi connectivity index (χ2n) is 4.78. The molecule has 1 amide bonds. The minimum Gasteiger partial charge on any atom is -0.494 e. The summed E-state index contributed by atoms with van der Waals surface area (Å²) >= 11 is 0. The summed E-state index contributed by atoms with van der Waals surface area (Å²) in [4.78, 5) is 11.8. The maximum atomic E-state index is 13.4. The number of carbonyl (C=O) groups excluding carboxylic acids is 1. The van der Waals surface area contributed by atoms with E-state index in [9.17, 15) is 13.6 Å². The molecule has 122 valence electrons. The van der Waals surface area contributed by atoms with Crippen molar-refractivity contribution in [3.05, 3.63) is 54.1 Å². The van der Waals surface area contributed by atoms with Gasteiger partial charge in [0.2, 0.25) is 5.91 Å². The van der Waals surface area contributed by atoms with E-state index in [2.05, 4.69) is 10.6 Å². The van der Waals surface area contributed by atoms with E-state index in [0.29, 0.717) is 12.3 Å². The standard InChI is InChI=1S/C17H18F2N2O2/c1-2-23-13-8-6-12(7-9-13)21-16(22)10-11-20-17-14(18)4-3-5-15(17)19/h3-9,20H,2,10-11H2,1H3,(H,21,22). The van der Waals surface area contributed by atoms with Crippen molar-refractivity contribution in [3.63, 3.8) is 0 Å². The summed E-state index contributed by atoms with van der Waals surface area (Å²) in [5.74, 6) is -0.894. The molecule has 0 unspecified atom stereocenters. The maximum absolute atomic E-state index is 13.4. The summed E-state index contributed by atoms with van der Waals surface area (Å²) in [5, 5.41) is 5.30. The summed E-state index contributed by atoms with van der Waals surface area (Å²) in [7, 11) is 0. The van der Waals surface area contributed by atoms with E-state index in [-0.39, 0.29) is 24.6 Å². The average Bonchev–Trinajstić information content (AvgIpc) is 2.52. The summed E-state index contributed by atoms with van der Waals surface area (Å²) in [6.45, 7) is 2.59. The zero-order chi connectivity index (χ0) is 16.7. The molecule has 0 aliphatic rings. The monoisotopic (exact) mass is 320 g/mol. The van der Waals surface area contributed by atoms with E-state index in [1.165, 1.54) is 6.07 Å². The Bertz CT molecular complexity index is 640. The van der Waals surface area contributed by atoms with Crippen LogP contribution in [0.15, 0.2) is 42.5 Å². The van der Waals surface area contributed by atoms with E-state index in [1.807, 2.05) is 6.92 Å². The van der Waals surface area contributed by atoms with Crippen LogP contribution in [0.3, 0.4) is 0 Å². The fourth-order valence-electron chi connectivity index (χ4n) is 1.99. The van der Waals surface area contributed by atoms with Crippen molar-refractivity contribution in [1.82, 2.24) is 0 Å². The molecular formula is C17H18F2N2O2. The molecule has 0 saturated carbocycles. The van der Waals surface area contributed by atoms with Crippen molar-refractivity contribution in [2.45, 2.75) is 13.3 Å². The Balaban J connectivity index is 1.81. The van der Waals surface area contributed by atoms with Gasteiger partial charge in [-0.3, -0.25) is 4.79 Å². The van der Waals surface area contributed by atoms with E-state index in [0.717, 1.165) is 17.9 Å². The molecule has 0 aliphatic heterocycles. The average molecular weight is 320 g/mol. The summed E-state index contributed by atoms with van der Waals surface area (Å²) in [5.41, 5.74) is 0.414. The zero-order valence-corrected chi connectivity index (χ0v) is 12.7. The molecule has 0 aromatic heterocycles. The summed E-state index contributed by atoms with van der Waals surface area (Å²) < 4.78 is 32.1. The van der Waals surface area contributed by atoms with Gasteiger partial charge in [-0.2, -0.15) is 0 Å². The normalized spacial score (nSPS) is 10.2. The predicted molar refractivity (Wildman–Crippen MR) is 85.7 cm³/mol. The Morgan fingerprint density at radius 2 is 1.74 bits per heavy atom. The third kappa shape index (κ3) is 4.95. The Morgan fingerprint density at radius 3 is 2.35 bits per heavy atom. The van der Waals surface area contributed by atoms with E-state index >= 15 is 0 Å². The Morgan fingerprint density at radius 1 is 1.09 bits per heavy atom. The lowest BCUT2D eigenvalue weighted by Crippen LogP contribution is -2.17. The molecule has 0 fully saturated rings. The molecule has 2 aromatic carbocycles. The number of ether oxygens (including phenoxy) is 1. The van der Waals surface area contributed by atoms with Gasteiger partial charge in [-0.1, -0.05) is 6.07 Å². The first-order chi connectivity index (χ1) is 11.1. The third-order valence-corrected chi connectivity index (χ3v) is 3.07.